The Morgan fingerprint density at radius 1 is 0.905 bits per heavy atom. The standard InChI is InChI=1S/C20H43N/c1-8-11-12-14-20(10-3,17(5)15-18(6)21)19(7)16(4)13-9-2/h16-19H,8-15,21H2,1-7H3. The third kappa shape index (κ3) is 6.30. The fraction of sp³-hybridized carbons (Fsp3) is 1.00. The van der Waals surface area contributed by atoms with E-state index in [-0.39, 0.29) is 0 Å². The van der Waals surface area contributed by atoms with E-state index in [4.69, 9.17) is 5.73 Å². The van der Waals surface area contributed by atoms with Crippen LogP contribution in [-0.4, -0.2) is 6.04 Å². The highest BCUT2D eigenvalue weighted by Crippen LogP contribution is 2.49. The SMILES string of the molecule is CCCCCC(CC)(C(C)CC(C)N)C(C)C(C)CCC. The lowest BCUT2D eigenvalue weighted by atomic mass is 9.58. The fourth-order valence-electron chi connectivity index (χ4n) is 4.54. The van der Waals surface area contributed by atoms with Crippen LogP contribution in [-0.2, 0) is 0 Å². The number of hydrogen-bond acceptors (Lipinski definition) is 1. The highest BCUT2D eigenvalue weighted by atomic mass is 14.6. The molecule has 0 rings (SSSR count). The Balaban J connectivity index is 5.17. The van der Waals surface area contributed by atoms with E-state index in [9.17, 15) is 0 Å². The van der Waals surface area contributed by atoms with Crippen molar-refractivity contribution in [3.8, 4) is 0 Å². The van der Waals surface area contributed by atoms with E-state index >= 15 is 0 Å². The predicted molar refractivity (Wildman–Crippen MR) is 97.5 cm³/mol. The number of rotatable bonds is 12. The van der Waals surface area contributed by atoms with Crippen LogP contribution in [0.1, 0.15) is 99.8 Å². The van der Waals surface area contributed by atoms with Gasteiger partial charge in [0.25, 0.3) is 0 Å². The van der Waals surface area contributed by atoms with Gasteiger partial charge in [0.2, 0.25) is 0 Å². The van der Waals surface area contributed by atoms with Crippen molar-refractivity contribution in [2.75, 3.05) is 0 Å². The van der Waals surface area contributed by atoms with Crippen molar-refractivity contribution >= 4 is 0 Å². The molecule has 0 heterocycles. The van der Waals surface area contributed by atoms with Gasteiger partial charge in [-0.2, -0.15) is 0 Å². The lowest BCUT2D eigenvalue weighted by molar-refractivity contribution is 0.0266. The van der Waals surface area contributed by atoms with Crippen LogP contribution in [0.4, 0.5) is 0 Å². The van der Waals surface area contributed by atoms with E-state index in [0.717, 1.165) is 17.8 Å². The molecule has 128 valence electrons. The van der Waals surface area contributed by atoms with E-state index in [1.807, 2.05) is 0 Å². The summed E-state index contributed by atoms with van der Waals surface area (Å²) in [6.45, 7) is 16.7. The summed E-state index contributed by atoms with van der Waals surface area (Å²) < 4.78 is 0. The van der Waals surface area contributed by atoms with Crippen molar-refractivity contribution in [1.82, 2.24) is 0 Å². The molecule has 5 unspecified atom stereocenters. The van der Waals surface area contributed by atoms with Crippen molar-refractivity contribution in [3.63, 3.8) is 0 Å². The Hall–Kier alpha value is -0.0400. The monoisotopic (exact) mass is 297 g/mol. The number of hydrogen-bond donors (Lipinski definition) is 1. The summed E-state index contributed by atoms with van der Waals surface area (Å²) in [6.07, 6.45) is 10.6. The van der Waals surface area contributed by atoms with Crippen LogP contribution >= 0.6 is 0 Å². The van der Waals surface area contributed by atoms with E-state index < -0.39 is 0 Å². The second-order valence-corrected chi connectivity index (χ2v) is 7.71. The molecule has 0 amide bonds. The first-order valence-corrected chi connectivity index (χ1v) is 9.61. The Morgan fingerprint density at radius 3 is 1.95 bits per heavy atom. The third-order valence-corrected chi connectivity index (χ3v) is 6.12. The molecule has 21 heavy (non-hydrogen) atoms. The Bertz CT molecular complexity index is 248. The maximum absolute atomic E-state index is 6.13. The molecular weight excluding hydrogens is 254 g/mol. The Morgan fingerprint density at radius 2 is 1.52 bits per heavy atom. The van der Waals surface area contributed by atoms with Gasteiger partial charge < -0.3 is 5.73 Å². The second kappa shape index (κ2) is 10.6. The minimum atomic E-state index is 0.325. The first kappa shape index (κ1) is 21.0. The molecule has 1 heteroatoms. The van der Waals surface area contributed by atoms with Crippen LogP contribution in [0.5, 0.6) is 0 Å². The average molecular weight is 298 g/mol. The van der Waals surface area contributed by atoms with Crippen LogP contribution in [0.15, 0.2) is 0 Å². The van der Waals surface area contributed by atoms with Crippen LogP contribution in [0, 0.1) is 23.2 Å². The molecule has 0 aliphatic carbocycles. The quantitative estimate of drug-likeness (QED) is 0.414. The normalized spacial score (nSPS) is 20.6. The molecule has 0 radical (unpaired) electrons. The maximum Gasteiger partial charge on any atom is 0.00132 e. The van der Waals surface area contributed by atoms with Gasteiger partial charge >= 0.3 is 0 Å². The molecule has 2 N–H and O–H groups in total. The molecule has 0 spiro atoms. The summed E-state index contributed by atoms with van der Waals surface area (Å²) in [5.41, 5.74) is 6.62. The lowest BCUT2D eigenvalue weighted by Gasteiger charge is -2.47. The van der Waals surface area contributed by atoms with Crippen molar-refractivity contribution < 1.29 is 0 Å². The van der Waals surface area contributed by atoms with Crippen LogP contribution in [0.2, 0.25) is 0 Å². The fourth-order valence-corrected chi connectivity index (χ4v) is 4.54. The largest absolute Gasteiger partial charge is 0.328 e. The zero-order chi connectivity index (χ0) is 16.5. The zero-order valence-corrected chi connectivity index (χ0v) is 16.0. The molecule has 1 nitrogen and oxygen atoms in total. The number of unbranched alkanes of at least 4 members (excludes halogenated alkanes) is 2. The summed E-state index contributed by atoms with van der Waals surface area (Å²) in [7, 11) is 0. The van der Waals surface area contributed by atoms with Gasteiger partial charge in [0.1, 0.15) is 0 Å². The van der Waals surface area contributed by atoms with Crippen LogP contribution < -0.4 is 5.73 Å². The summed E-state index contributed by atoms with van der Waals surface area (Å²) in [5.74, 6) is 2.36. The summed E-state index contributed by atoms with van der Waals surface area (Å²) >= 11 is 0. The minimum Gasteiger partial charge on any atom is -0.328 e. The molecular formula is C20H43N. The highest BCUT2D eigenvalue weighted by Gasteiger charge is 2.41. The molecule has 0 aromatic heterocycles. The van der Waals surface area contributed by atoms with Gasteiger partial charge in [0.15, 0.2) is 0 Å². The van der Waals surface area contributed by atoms with Crippen molar-refractivity contribution in [3.05, 3.63) is 0 Å². The topological polar surface area (TPSA) is 26.0 Å². The average Bonchev–Trinajstić information content (AvgIpc) is 2.42. The van der Waals surface area contributed by atoms with Crippen molar-refractivity contribution in [2.24, 2.45) is 28.9 Å². The summed E-state index contributed by atoms with van der Waals surface area (Å²) in [4.78, 5) is 0. The van der Waals surface area contributed by atoms with E-state index in [0.29, 0.717) is 11.5 Å². The lowest BCUT2D eigenvalue weighted by Crippen LogP contribution is -2.40. The third-order valence-electron chi connectivity index (χ3n) is 6.12. The Labute approximate surface area is 135 Å². The smallest absolute Gasteiger partial charge is 0.00132 e. The zero-order valence-electron chi connectivity index (χ0n) is 16.0. The van der Waals surface area contributed by atoms with Gasteiger partial charge in [0.05, 0.1) is 0 Å². The number of nitrogens with two attached hydrogens (primary N) is 1. The molecule has 0 fully saturated rings. The molecule has 0 aliphatic heterocycles. The van der Waals surface area contributed by atoms with Gasteiger partial charge in [-0.15, -0.1) is 0 Å². The first-order valence-electron chi connectivity index (χ1n) is 9.61. The predicted octanol–water partition coefficient (Wildman–Crippen LogP) is 6.41. The molecule has 0 aromatic rings. The highest BCUT2D eigenvalue weighted by molar-refractivity contribution is 4.91. The molecule has 5 atom stereocenters. The molecule has 0 bridgehead atoms. The van der Waals surface area contributed by atoms with Gasteiger partial charge in [-0.25, -0.2) is 0 Å². The van der Waals surface area contributed by atoms with Gasteiger partial charge in [-0.3, -0.25) is 0 Å². The maximum atomic E-state index is 6.13. The van der Waals surface area contributed by atoms with Crippen molar-refractivity contribution in [2.45, 2.75) is 106 Å². The van der Waals surface area contributed by atoms with E-state index in [1.54, 1.807) is 0 Å². The summed E-state index contributed by atoms with van der Waals surface area (Å²) in [6, 6.07) is 0.325. The van der Waals surface area contributed by atoms with Gasteiger partial charge in [-0.1, -0.05) is 73.6 Å². The molecule has 0 saturated carbocycles. The minimum absolute atomic E-state index is 0.325. The first-order chi connectivity index (χ1) is 9.85. The van der Waals surface area contributed by atoms with Crippen LogP contribution in [0.3, 0.4) is 0 Å². The van der Waals surface area contributed by atoms with Gasteiger partial charge in [0, 0.05) is 6.04 Å². The van der Waals surface area contributed by atoms with Gasteiger partial charge in [-0.05, 0) is 49.4 Å². The Kier molecular flexibility index (Phi) is 10.6. The molecule has 0 aliphatic rings. The molecule has 0 saturated heterocycles. The van der Waals surface area contributed by atoms with E-state index in [2.05, 4.69) is 48.5 Å². The summed E-state index contributed by atoms with van der Waals surface area (Å²) in [5, 5.41) is 0. The second-order valence-electron chi connectivity index (χ2n) is 7.71. The molecule has 0 aromatic carbocycles. The van der Waals surface area contributed by atoms with E-state index in [1.165, 1.54) is 51.4 Å². The van der Waals surface area contributed by atoms with Crippen LogP contribution in [0.25, 0.3) is 0 Å². The van der Waals surface area contributed by atoms with Crippen molar-refractivity contribution in [1.29, 1.82) is 0 Å².